The molecule has 0 saturated carbocycles. The number of nitrogens with one attached hydrogen (secondary N) is 2. The maximum absolute atomic E-state index is 14.8. The number of guanidine groups is 1. The zero-order valence-electron chi connectivity index (χ0n) is 19.6. The lowest BCUT2D eigenvalue weighted by molar-refractivity contribution is 0.168. The van der Waals surface area contributed by atoms with E-state index in [-0.39, 0.29) is 29.8 Å². The Morgan fingerprint density at radius 3 is 2.42 bits per heavy atom. The van der Waals surface area contributed by atoms with Gasteiger partial charge in [0.05, 0.1) is 18.3 Å². The molecule has 0 bridgehead atoms. The van der Waals surface area contributed by atoms with Crippen LogP contribution in [0.25, 0.3) is 0 Å². The molecule has 1 heterocycles. The summed E-state index contributed by atoms with van der Waals surface area (Å²) in [5, 5.41) is 16.8. The number of aliphatic imine (C=N–C) groups is 1. The van der Waals surface area contributed by atoms with Crippen molar-refractivity contribution in [2.75, 3.05) is 50.7 Å². The normalized spacial score (nSPS) is 15.6. The number of benzene rings is 2. The number of halogens is 2. The summed E-state index contributed by atoms with van der Waals surface area (Å²) in [7, 11) is 0. The molecule has 0 radical (unpaired) electrons. The quantitative estimate of drug-likeness (QED) is 0.244. The van der Waals surface area contributed by atoms with Gasteiger partial charge in [0.15, 0.2) is 5.96 Å². The van der Waals surface area contributed by atoms with Crippen molar-refractivity contribution in [1.29, 1.82) is 0 Å². The number of anilines is 1. The molecule has 8 heteroatoms. The molecule has 182 valence electrons. The van der Waals surface area contributed by atoms with Gasteiger partial charge in [0.1, 0.15) is 5.82 Å². The average molecular weight is 570 g/mol. The van der Waals surface area contributed by atoms with E-state index in [1.165, 1.54) is 0 Å². The molecule has 3 N–H and O–H groups in total. The molecule has 1 saturated heterocycles. The van der Waals surface area contributed by atoms with Crippen molar-refractivity contribution in [3.63, 3.8) is 0 Å². The van der Waals surface area contributed by atoms with E-state index in [1.54, 1.807) is 6.07 Å². The van der Waals surface area contributed by atoms with E-state index in [0.717, 1.165) is 50.4 Å². The number of nitrogens with zero attached hydrogens (tertiary/aromatic N) is 3. The Labute approximate surface area is 214 Å². The summed E-state index contributed by atoms with van der Waals surface area (Å²) in [4.78, 5) is 9.09. The van der Waals surface area contributed by atoms with Gasteiger partial charge in [-0.3, -0.25) is 0 Å². The molecule has 6 nitrogen and oxygen atoms in total. The van der Waals surface area contributed by atoms with E-state index in [4.69, 9.17) is 0 Å². The first-order chi connectivity index (χ1) is 15.6. The summed E-state index contributed by atoms with van der Waals surface area (Å²) in [6.45, 7) is 10.5. The van der Waals surface area contributed by atoms with E-state index < -0.39 is 6.10 Å². The first-order valence-electron chi connectivity index (χ1n) is 11.6. The highest BCUT2D eigenvalue weighted by Gasteiger charge is 2.18. The minimum atomic E-state index is -0.521. The summed E-state index contributed by atoms with van der Waals surface area (Å²) < 4.78 is 14.8. The first kappa shape index (κ1) is 27.3. The third kappa shape index (κ3) is 8.42. The Morgan fingerprint density at radius 2 is 1.79 bits per heavy atom. The zero-order valence-corrected chi connectivity index (χ0v) is 22.0. The predicted molar refractivity (Wildman–Crippen MR) is 145 cm³/mol. The van der Waals surface area contributed by atoms with Crippen molar-refractivity contribution in [2.24, 2.45) is 4.99 Å². The van der Waals surface area contributed by atoms with Gasteiger partial charge in [-0.15, -0.1) is 24.0 Å². The van der Waals surface area contributed by atoms with Crippen molar-refractivity contribution in [3.05, 3.63) is 65.5 Å². The Balaban J connectivity index is 0.00000385. The molecule has 3 rings (SSSR count). The molecule has 1 unspecified atom stereocenters. The first-order valence-corrected chi connectivity index (χ1v) is 11.6. The summed E-state index contributed by atoms with van der Waals surface area (Å²) in [6, 6.07) is 15.0. The fourth-order valence-corrected chi connectivity index (χ4v) is 3.89. The van der Waals surface area contributed by atoms with Gasteiger partial charge < -0.3 is 25.5 Å². The Kier molecular flexibility index (Phi) is 11.9. The molecular formula is C25H37FIN5O. The van der Waals surface area contributed by atoms with E-state index in [0.29, 0.717) is 31.2 Å². The van der Waals surface area contributed by atoms with Crippen molar-refractivity contribution in [2.45, 2.75) is 32.9 Å². The third-order valence-electron chi connectivity index (χ3n) is 5.83. The van der Waals surface area contributed by atoms with Crippen molar-refractivity contribution < 1.29 is 9.50 Å². The maximum Gasteiger partial charge on any atom is 0.191 e. The standard InChI is InChI=1S/C25H36FN5O.HI/c1-3-27-25(28-13-12-24(32)21-8-6-5-7-9-21)29-19-20-10-11-23(22(26)18-20)31-16-14-30(4-2)15-17-31;/h5-11,18,24,32H,3-4,12-17,19H2,1-2H3,(H2,27,28,29);1H. The monoisotopic (exact) mass is 569 g/mol. The fraction of sp³-hybridized carbons (Fsp3) is 0.480. The van der Waals surface area contributed by atoms with Crippen LogP contribution in [-0.2, 0) is 6.54 Å². The molecule has 0 aromatic heterocycles. The Hall–Kier alpha value is -1.91. The van der Waals surface area contributed by atoms with Gasteiger partial charge in [-0.2, -0.15) is 0 Å². The molecule has 2 aromatic carbocycles. The van der Waals surface area contributed by atoms with Crippen LogP contribution in [-0.4, -0.2) is 61.8 Å². The largest absolute Gasteiger partial charge is 0.388 e. The molecule has 1 fully saturated rings. The van der Waals surface area contributed by atoms with Crippen LogP contribution < -0.4 is 15.5 Å². The number of rotatable bonds is 9. The lowest BCUT2D eigenvalue weighted by Crippen LogP contribution is -2.46. The molecule has 0 aliphatic carbocycles. The lowest BCUT2D eigenvalue weighted by Gasteiger charge is -2.35. The molecule has 1 aliphatic rings. The second kappa shape index (κ2) is 14.4. The number of aliphatic hydroxyl groups is 1. The second-order valence-electron chi connectivity index (χ2n) is 8.04. The average Bonchev–Trinajstić information content (AvgIpc) is 2.83. The molecule has 33 heavy (non-hydrogen) atoms. The smallest absolute Gasteiger partial charge is 0.191 e. The summed E-state index contributed by atoms with van der Waals surface area (Å²) in [5.41, 5.74) is 2.41. The Bertz CT molecular complexity index is 859. The third-order valence-corrected chi connectivity index (χ3v) is 5.83. The molecule has 0 amide bonds. The van der Waals surface area contributed by atoms with Crippen LogP contribution >= 0.6 is 24.0 Å². The highest BCUT2D eigenvalue weighted by Crippen LogP contribution is 2.22. The van der Waals surface area contributed by atoms with Gasteiger partial charge in [-0.1, -0.05) is 43.3 Å². The van der Waals surface area contributed by atoms with Crippen LogP contribution in [0.5, 0.6) is 0 Å². The SMILES string of the molecule is CCNC(=NCc1ccc(N2CCN(CC)CC2)c(F)c1)NCCC(O)c1ccccc1.I. The van der Waals surface area contributed by atoms with Crippen molar-refractivity contribution in [3.8, 4) is 0 Å². The fourth-order valence-electron chi connectivity index (χ4n) is 3.89. The van der Waals surface area contributed by atoms with E-state index in [9.17, 15) is 9.50 Å². The zero-order chi connectivity index (χ0) is 22.8. The van der Waals surface area contributed by atoms with Gasteiger partial charge in [0.25, 0.3) is 0 Å². The van der Waals surface area contributed by atoms with Crippen LogP contribution in [0.1, 0.15) is 37.5 Å². The summed E-state index contributed by atoms with van der Waals surface area (Å²) in [6.07, 6.45) is 0.0516. The minimum absolute atomic E-state index is 0. The summed E-state index contributed by atoms with van der Waals surface area (Å²) >= 11 is 0. The number of piperazine rings is 1. The highest BCUT2D eigenvalue weighted by molar-refractivity contribution is 14.0. The van der Waals surface area contributed by atoms with Gasteiger partial charge >= 0.3 is 0 Å². The van der Waals surface area contributed by atoms with Crippen molar-refractivity contribution >= 4 is 35.6 Å². The van der Waals surface area contributed by atoms with Crippen molar-refractivity contribution in [1.82, 2.24) is 15.5 Å². The number of likely N-dealkylation sites (N-methyl/N-ethyl adjacent to an activating group) is 1. The summed E-state index contributed by atoms with van der Waals surface area (Å²) in [5.74, 6) is 0.472. The van der Waals surface area contributed by atoms with Crippen LogP contribution in [0.4, 0.5) is 10.1 Å². The Morgan fingerprint density at radius 1 is 1.06 bits per heavy atom. The molecule has 0 spiro atoms. The molecule has 1 aliphatic heterocycles. The molecular weight excluding hydrogens is 532 g/mol. The number of aliphatic hydroxyl groups excluding tert-OH is 1. The maximum atomic E-state index is 14.8. The second-order valence-corrected chi connectivity index (χ2v) is 8.04. The van der Waals surface area contributed by atoms with Crippen LogP contribution in [0.2, 0.25) is 0 Å². The van der Waals surface area contributed by atoms with Gasteiger partial charge in [0, 0.05) is 39.3 Å². The van der Waals surface area contributed by atoms with E-state index in [2.05, 4.69) is 32.3 Å². The van der Waals surface area contributed by atoms with Gasteiger partial charge in [0.2, 0.25) is 0 Å². The van der Waals surface area contributed by atoms with E-state index >= 15 is 0 Å². The predicted octanol–water partition coefficient (Wildman–Crippen LogP) is 3.76. The van der Waals surface area contributed by atoms with Crippen LogP contribution in [0.3, 0.4) is 0 Å². The van der Waals surface area contributed by atoms with Crippen LogP contribution in [0, 0.1) is 5.82 Å². The minimum Gasteiger partial charge on any atom is -0.388 e. The van der Waals surface area contributed by atoms with Gasteiger partial charge in [-0.25, -0.2) is 9.38 Å². The van der Waals surface area contributed by atoms with E-state index in [1.807, 2.05) is 49.4 Å². The number of hydrogen-bond donors (Lipinski definition) is 3. The molecule has 2 aromatic rings. The van der Waals surface area contributed by atoms with Crippen LogP contribution in [0.15, 0.2) is 53.5 Å². The highest BCUT2D eigenvalue weighted by atomic mass is 127. The van der Waals surface area contributed by atoms with Gasteiger partial charge in [-0.05, 0) is 43.1 Å². The topological polar surface area (TPSA) is 63.1 Å². The lowest BCUT2D eigenvalue weighted by atomic mass is 10.1. The molecule has 1 atom stereocenters. The number of hydrogen-bond acceptors (Lipinski definition) is 4.